The summed E-state index contributed by atoms with van der Waals surface area (Å²) >= 11 is 0. The van der Waals surface area contributed by atoms with Crippen molar-refractivity contribution in [1.82, 2.24) is 10.4 Å². The number of aromatic nitrogens is 1. The van der Waals surface area contributed by atoms with Gasteiger partial charge in [-0.05, 0) is 30.3 Å². The van der Waals surface area contributed by atoms with Crippen LogP contribution in [0.2, 0.25) is 0 Å². The molecule has 0 radical (unpaired) electrons. The summed E-state index contributed by atoms with van der Waals surface area (Å²) in [6, 6.07) is 5.73. The van der Waals surface area contributed by atoms with Crippen molar-refractivity contribution in [2.24, 2.45) is 5.73 Å². The van der Waals surface area contributed by atoms with Crippen molar-refractivity contribution >= 4 is 17.6 Å². The summed E-state index contributed by atoms with van der Waals surface area (Å²) in [5, 5.41) is 0.540. The van der Waals surface area contributed by atoms with Gasteiger partial charge in [0, 0.05) is 6.20 Å². The van der Waals surface area contributed by atoms with Crippen molar-refractivity contribution in [3.05, 3.63) is 53.9 Å². The van der Waals surface area contributed by atoms with Gasteiger partial charge in [-0.3, -0.25) is 10.2 Å². The zero-order chi connectivity index (χ0) is 16.3. The van der Waals surface area contributed by atoms with Crippen molar-refractivity contribution in [3.8, 4) is 0 Å². The van der Waals surface area contributed by atoms with Crippen LogP contribution in [0.1, 0.15) is 16.1 Å². The number of H-pyrrole nitrogens is 1. The van der Waals surface area contributed by atoms with Gasteiger partial charge < -0.3 is 10.7 Å². The number of carbonyl (C=O) groups excluding carboxylic acids is 2. The molecule has 0 aliphatic rings. The maximum atomic E-state index is 12.7. The summed E-state index contributed by atoms with van der Waals surface area (Å²) in [5.74, 6) is -0.721. The highest BCUT2D eigenvalue weighted by Crippen LogP contribution is 2.31. The van der Waals surface area contributed by atoms with Gasteiger partial charge in [0.15, 0.2) is 0 Å². The maximum Gasteiger partial charge on any atom is 0.416 e. The summed E-state index contributed by atoms with van der Waals surface area (Å²) in [5.41, 5.74) is 6.20. The molecule has 0 saturated carbocycles. The average Bonchev–Trinajstić information content (AvgIpc) is 2.97. The number of carbonyl (C=O) groups is 2. The van der Waals surface area contributed by atoms with Crippen molar-refractivity contribution < 1.29 is 22.8 Å². The highest BCUT2D eigenvalue weighted by atomic mass is 19.4. The first kappa shape index (κ1) is 15.4. The maximum absolute atomic E-state index is 12.7. The van der Waals surface area contributed by atoms with E-state index >= 15 is 0 Å². The Balaban J connectivity index is 2.29. The predicted octanol–water partition coefficient (Wildman–Crippen LogP) is 2.26. The summed E-state index contributed by atoms with van der Waals surface area (Å²) in [6.07, 6.45) is -3.10. The van der Waals surface area contributed by atoms with Crippen LogP contribution in [0, 0.1) is 0 Å². The number of amides is 3. The average molecular weight is 312 g/mol. The summed E-state index contributed by atoms with van der Waals surface area (Å²) in [7, 11) is 0. The molecule has 3 amide bonds. The fourth-order valence-electron chi connectivity index (χ4n) is 1.70. The van der Waals surface area contributed by atoms with Gasteiger partial charge in [0.05, 0.1) is 11.3 Å². The molecular formula is C13H11F3N4O2. The largest absolute Gasteiger partial charge is 0.416 e. The van der Waals surface area contributed by atoms with Gasteiger partial charge in [-0.2, -0.15) is 13.2 Å². The molecule has 0 unspecified atom stereocenters. The van der Waals surface area contributed by atoms with E-state index in [1.807, 2.05) is 0 Å². The first-order valence-corrected chi connectivity index (χ1v) is 6.00. The van der Waals surface area contributed by atoms with E-state index in [4.69, 9.17) is 5.73 Å². The summed E-state index contributed by atoms with van der Waals surface area (Å²) in [4.78, 5) is 25.9. The van der Waals surface area contributed by atoms with Gasteiger partial charge in [0.2, 0.25) is 0 Å². The lowest BCUT2D eigenvalue weighted by atomic mass is 10.2. The standard InChI is InChI=1S/C13H11F3N4O2/c14-13(15,16)8-3-1-4-9(7-8)20(12(17)22)19-11(21)10-5-2-6-18-10/h1-7,18H,(H2,17,22)(H,19,21). The van der Waals surface area contributed by atoms with Gasteiger partial charge in [-0.25, -0.2) is 9.80 Å². The van der Waals surface area contributed by atoms with Crippen molar-refractivity contribution in [1.29, 1.82) is 0 Å². The lowest BCUT2D eigenvalue weighted by Gasteiger charge is -2.21. The van der Waals surface area contributed by atoms with E-state index in [0.717, 1.165) is 12.1 Å². The molecule has 0 fully saturated rings. The highest BCUT2D eigenvalue weighted by Gasteiger charge is 2.31. The van der Waals surface area contributed by atoms with Crippen molar-refractivity contribution in [2.75, 3.05) is 5.01 Å². The molecule has 4 N–H and O–H groups in total. The zero-order valence-corrected chi connectivity index (χ0v) is 11.0. The lowest BCUT2D eigenvalue weighted by Crippen LogP contribution is -2.49. The van der Waals surface area contributed by atoms with E-state index < -0.39 is 23.7 Å². The number of hydrogen-bond acceptors (Lipinski definition) is 2. The minimum absolute atomic E-state index is 0.123. The Morgan fingerprint density at radius 3 is 2.45 bits per heavy atom. The van der Waals surface area contributed by atoms with E-state index in [0.29, 0.717) is 11.1 Å². The van der Waals surface area contributed by atoms with Crippen molar-refractivity contribution in [2.45, 2.75) is 6.18 Å². The van der Waals surface area contributed by atoms with Crippen molar-refractivity contribution in [3.63, 3.8) is 0 Å². The number of benzene rings is 1. The van der Waals surface area contributed by atoms with E-state index in [2.05, 4.69) is 10.4 Å². The number of urea groups is 1. The van der Waals surface area contributed by atoms with Crippen LogP contribution in [0.5, 0.6) is 0 Å². The molecule has 2 rings (SSSR count). The molecule has 0 saturated heterocycles. The number of nitrogens with one attached hydrogen (secondary N) is 2. The van der Waals surface area contributed by atoms with Gasteiger partial charge >= 0.3 is 12.2 Å². The Labute approximate surface area is 122 Å². The van der Waals surface area contributed by atoms with Crippen LogP contribution in [-0.4, -0.2) is 16.9 Å². The second kappa shape index (κ2) is 5.80. The van der Waals surface area contributed by atoms with Crippen LogP contribution < -0.4 is 16.2 Å². The summed E-state index contributed by atoms with van der Waals surface area (Å²) < 4.78 is 38.1. The Hall–Kier alpha value is -2.97. The molecule has 1 aromatic carbocycles. The molecule has 9 heteroatoms. The molecule has 116 valence electrons. The number of hydrazine groups is 1. The molecule has 0 bridgehead atoms. The van der Waals surface area contributed by atoms with Crippen LogP contribution in [0.25, 0.3) is 0 Å². The van der Waals surface area contributed by atoms with Gasteiger partial charge in [0.1, 0.15) is 5.69 Å². The van der Waals surface area contributed by atoms with Gasteiger partial charge in [-0.15, -0.1) is 0 Å². The second-order valence-corrected chi connectivity index (χ2v) is 4.25. The molecular weight excluding hydrogens is 301 g/mol. The lowest BCUT2D eigenvalue weighted by molar-refractivity contribution is -0.137. The Kier molecular flexibility index (Phi) is 4.06. The molecule has 0 atom stereocenters. The number of anilines is 1. The van der Waals surface area contributed by atoms with E-state index in [9.17, 15) is 22.8 Å². The van der Waals surface area contributed by atoms with Gasteiger partial charge in [0.25, 0.3) is 5.91 Å². The number of primary amides is 1. The Bertz CT molecular complexity index is 683. The normalized spacial score (nSPS) is 11.0. The van der Waals surface area contributed by atoms with Gasteiger partial charge in [-0.1, -0.05) is 6.07 Å². The zero-order valence-electron chi connectivity index (χ0n) is 11.0. The number of rotatable bonds is 2. The first-order chi connectivity index (χ1) is 10.3. The monoisotopic (exact) mass is 312 g/mol. The smallest absolute Gasteiger partial charge is 0.357 e. The van der Waals surface area contributed by atoms with E-state index in [1.54, 1.807) is 6.07 Å². The van der Waals surface area contributed by atoms with Crippen LogP contribution >= 0.6 is 0 Å². The predicted molar refractivity (Wildman–Crippen MR) is 71.8 cm³/mol. The molecule has 1 heterocycles. The topological polar surface area (TPSA) is 91.2 Å². The molecule has 0 spiro atoms. The number of hydrogen-bond donors (Lipinski definition) is 3. The number of halogens is 3. The van der Waals surface area contributed by atoms with Crippen LogP contribution in [0.15, 0.2) is 42.6 Å². The number of alkyl halides is 3. The number of aromatic amines is 1. The minimum Gasteiger partial charge on any atom is -0.357 e. The molecule has 2 aromatic rings. The third-order valence-corrected chi connectivity index (χ3v) is 2.71. The molecule has 0 aliphatic carbocycles. The summed E-state index contributed by atoms with van der Waals surface area (Å²) in [6.45, 7) is 0. The minimum atomic E-state index is -4.58. The second-order valence-electron chi connectivity index (χ2n) is 4.25. The van der Waals surface area contributed by atoms with E-state index in [-0.39, 0.29) is 11.4 Å². The molecule has 22 heavy (non-hydrogen) atoms. The van der Waals surface area contributed by atoms with E-state index in [1.165, 1.54) is 18.3 Å². The fraction of sp³-hybridized carbons (Fsp3) is 0.0769. The van der Waals surface area contributed by atoms with Crippen LogP contribution in [0.3, 0.4) is 0 Å². The third-order valence-electron chi connectivity index (χ3n) is 2.71. The Morgan fingerprint density at radius 2 is 1.91 bits per heavy atom. The van der Waals surface area contributed by atoms with Crippen LogP contribution in [0.4, 0.5) is 23.7 Å². The fourth-order valence-corrected chi connectivity index (χ4v) is 1.70. The Morgan fingerprint density at radius 1 is 1.18 bits per heavy atom. The molecule has 1 aromatic heterocycles. The SMILES string of the molecule is NC(=O)N(NC(=O)c1ccc[nH]1)c1cccc(C(F)(F)F)c1. The highest BCUT2D eigenvalue weighted by molar-refractivity contribution is 5.99. The molecule has 6 nitrogen and oxygen atoms in total. The number of nitrogens with two attached hydrogens (primary N) is 1. The number of nitrogens with zero attached hydrogens (tertiary/aromatic N) is 1. The quantitative estimate of drug-likeness (QED) is 0.742. The van der Waals surface area contributed by atoms with Crippen LogP contribution in [-0.2, 0) is 6.18 Å². The molecule has 0 aliphatic heterocycles. The third kappa shape index (κ3) is 3.37. The first-order valence-electron chi connectivity index (χ1n) is 6.00.